The van der Waals surface area contributed by atoms with Crippen LogP contribution in [0, 0.1) is 0 Å². The Kier molecular flexibility index (Phi) is 6.78. The predicted octanol–water partition coefficient (Wildman–Crippen LogP) is 6.36. The van der Waals surface area contributed by atoms with Gasteiger partial charge in [-0.2, -0.15) is 0 Å². The van der Waals surface area contributed by atoms with Gasteiger partial charge in [-0.3, -0.25) is 5.32 Å². The molecule has 0 aliphatic rings. The molecule has 0 spiro atoms. The van der Waals surface area contributed by atoms with Crippen molar-refractivity contribution in [1.29, 1.82) is 0 Å². The molecule has 0 unspecified atom stereocenters. The summed E-state index contributed by atoms with van der Waals surface area (Å²) in [6, 6.07) is 23.2. The van der Waals surface area contributed by atoms with E-state index in [2.05, 4.69) is 5.32 Å². The topological polar surface area (TPSA) is 194 Å². The van der Waals surface area contributed by atoms with Crippen molar-refractivity contribution in [2.45, 2.75) is 12.6 Å². The maximum Gasteiger partial charge on any atom is 0.204 e. The molecule has 7 aromatic carbocycles. The first kappa shape index (κ1) is 29.6. The lowest BCUT2D eigenvalue weighted by molar-refractivity contribution is 0.147. The molecule has 10 nitrogen and oxygen atoms in total. The van der Waals surface area contributed by atoms with Crippen molar-refractivity contribution in [1.82, 2.24) is 5.32 Å². The molecule has 0 heterocycles. The van der Waals surface area contributed by atoms with Crippen molar-refractivity contribution < 1.29 is 46.0 Å². The predicted molar refractivity (Wildman–Crippen MR) is 179 cm³/mol. The first-order valence-electron chi connectivity index (χ1n) is 14.6. The van der Waals surface area contributed by atoms with Crippen molar-refractivity contribution in [3.8, 4) is 68.2 Å². The number of likely N-dealkylation sites (N-methyl/N-ethyl adjacent to an activating group) is 1. The zero-order valence-corrected chi connectivity index (χ0v) is 24.8. The Morgan fingerprint density at radius 3 is 1.32 bits per heavy atom. The fraction of sp³-hybridized carbons (Fsp3) is 0.0811. The summed E-state index contributed by atoms with van der Waals surface area (Å²) in [5.41, 5.74) is 1.49. The van der Waals surface area contributed by atoms with Gasteiger partial charge in [0.15, 0.2) is 23.0 Å². The van der Waals surface area contributed by atoms with Gasteiger partial charge in [-0.05, 0) is 57.4 Å². The minimum Gasteiger partial charge on any atom is -0.504 e. The average molecular weight is 632 g/mol. The molecule has 10 N–H and O–H groups in total. The van der Waals surface area contributed by atoms with E-state index in [4.69, 9.17) is 0 Å². The highest BCUT2D eigenvalue weighted by atomic mass is 16.4. The number of aromatic hydroxyl groups is 8. The second kappa shape index (κ2) is 10.8. The number of phenols is 8. The maximum atomic E-state index is 11.4. The fourth-order valence-corrected chi connectivity index (χ4v) is 6.44. The van der Waals surface area contributed by atoms with Crippen LogP contribution in [-0.4, -0.2) is 59.2 Å². The molecule has 7 aromatic rings. The van der Waals surface area contributed by atoms with Gasteiger partial charge in [0, 0.05) is 39.1 Å². The van der Waals surface area contributed by atoms with Crippen LogP contribution >= 0.6 is 0 Å². The van der Waals surface area contributed by atoms with Gasteiger partial charge in [0.1, 0.15) is 6.23 Å². The van der Waals surface area contributed by atoms with Gasteiger partial charge < -0.3 is 46.0 Å². The lowest BCUT2D eigenvalue weighted by Crippen LogP contribution is -2.26. The molecule has 0 fully saturated rings. The summed E-state index contributed by atoms with van der Waals surface area (Å²) in [4.78, 5) is 0. The molecule has 236 valence electrons. The molecule has 0 amide bonds. The van der Waals surface area contributed by atoms with E-state index >= 15 is 0 Å². The Morgan fingerprint density at radius 2 is 0.851 bits per heavy atom. The van der Waals surface area contributed by atoms with E-state index in [0.717, 1.165) is 21.7 Å². The third kappa shape index (κ3) is 4.42. The van der Waals surface area contributed by atoms with E-state index < -0.39 is 52.2 Å². The zero-order valence-electron chi connectivity index (χ0n) is 24.8. The van der Waals surface area contributed by atoms with Crippen LogP contribution in [0.25, 0.3) is 65.3 Å². The second-order valence-corrected chi connectivity index (χ2v) is 11.5. The Morgan fingerprint density at radius 1 is 0.468 bits per heavy atom. The molecule has 0 aromatic heterocycles. The van der Waals surface area contributed by atoms with Crippen LogP contribution in [0.4, 0.5) is 0 Å². The van der Waals surface area contributed by atoms with Crippen LogP contribution < -0.4 is 5.32 Å². The summed E-state index contributed by atoms with van der Waals surface area (Å²) in [5, 5.41) is 104. The molecule has 0 aliphatic heterocycles. The minimum absolute atomic E-state index is 0.00998. The highest BCUT2D eigenvalue weighted by Gasteiger charge is 2.32. The van der Waals surface area contributed by atoms with Crippen LogP contribution in [-0.2, 0) is 6.42 Å². The van der Waals surface area contributed by atoms with E-state index in [9.17, 15) is 46.0 Å². The third-order valence-electron chi connectivity index (χ3n) is 8.79. The molecule has 0 aliphatic carbocycles. The van der Waals surface area contributed by atoms with Gasteiger partial charge in [0.25, 0.3) is 0 Å². The highest BCUT2D eigenvalue weighted by molar-refractivity contribution is 6.29. The summed E-state index contributed by atoms with van der Waals surface area (Å²) >= 11 is 0. The van der Waals surface area contributed by atoms with Gasteiger partial charge in [-0.1, -0.05) is 66.7 Å². The summed E-state index contributed by atoms with van der Waals surface area (Å²) < 4.78 is 0. The maximum absolute atomic E-state index is 11.4. The molecule has 7 rings (SSSR count). The van der Waals surface area contributed by atoms with E-state index in [1.807, 2.05) is 42.5 Å². The molecule has 47 heavy (non-hydrogen) atoms. The molecule has 0 radical (unpaired) electrons. The van der Waals surface area contributed by atoms with Gasteiger partial charge >= 0.3 is 0 Å². The number of hydrogen-bond acceptors (Lipinski definition) is 10. The van der Waals surface area contributed by atoms with Gasteiger partial charge in [0.2, 0.25) is 23.0 Å². The van der Waals surface area contributed by atoms with Crippen molar-refractivity contribution in [3.63, 3.8) is 0 Å². The van der Waals surface area contributed by atoms with E-state index in [0.29, 0.717) is 22.9 Å². The Bertz CT molecular complexity index is 2360. The first-order valence-corrected chi connectivity index (χ1v) is 14.6. The number of hydrogen-bond donors (Lipinski definition) is 10. The van der Waals surface area contributed by atoms with Crippen molar-refractivity contribution in [2.75, 3.05) is 7.05 Å². The normalized spacial score (nSPS) is 12.4. The fourth-order valence-electron chi connectivity index (χ4n) is 6.44. The van der Waals surface area contributed by atoms with Crippen molar-refractivity contribution in [3.05, 3.63) is 84.4 Å². The molecule has 0 saturated carbocycles. The molecule has 10 heteroatoms. The summed E-state index contributed by atoms with van der Waals surface area (Å²) in [6.07, 6.45) is -0.393. The van der Waals surface area contributed by atoms with Crippen LogP contribution in [0.15, 0.2) is 78.9 Å². The number of nitrogens with one attached hydrogen (secondary N) is 1. The van der Waals surface area contributed by atoms with Crippen LogP contribution in [0.3, 0.4) is 0 Å². The summed E-state index contributed by atoms with van der Waals surface area (Å²) in [6.45, 7) is 0. The molecule has 1 atom stereocenters. The number of aliphatic hydroxyl groups is 1. The Hall–Kier alpha value is -6.10. The average Bonchev–Trinajstić information content (AvgIpc) is 3.09. The van der Waals surface area contributed by atoms with Gasteiger partial charge in [-0.15, -0.1) is 0 Å². The van der Waals surface area contributed by atoms with Crippen molar-refractivity contribution in [2.24, 2.45) is 0 Å². The zero-order chi connectivity index (χ0) is 33.3. The number of aliphatic hydroxyl groups excluding tert-OH is 1. The number of benzene rings is 7. The van der Waals surface area contributed by atoms with Crippen LogP contribution in [0.5, 0.6) is 46.0 Å². The largest absolute Gasteiger partial charge is 0.504 e. The number of rotatable bonds is 5. The standard InChI is InChI=1S/C37H29NO9/c1-38-23(39)13-16-6-7-20-15-22(11-9-19(20)12-16)25-28-26(30(40)34(44)36(46)32(28)42)24(21-10-8-17-4-2-3-5-18(17)14-21)27-29(25)33(43)37(47)35(45)31(27)41/h2-12,14-15,23,38-47H,13H2,1H3/t23-/m1/s1. The smallest absolute Gasteiger partial charge is 0.204 e. The Balaban J connectivity index is 1.67. The van der Waals surface area contributed by atoms with Gasteiger partial charge in [-0.25, -0.2) is 0 Å². The van der Waals surface area contributed by atoms with Crippen molar-refractivity contribution >= 4 is 43.1 Å². The minimum atomic E-state index is -1.03. The molecule has 0 bridgehead atoms. The quantitative estimate of drug-likeness (QED) is 0.0442. The first-order chi connectivity index (χ1) is 22.5. The Labute approximate surface area is 266 Å². The highest BCUT2D eigenvalue weighted by Crippen LogP contribution is 2.61. The lowest BCUT2D eigenvalue weighted by Gasteiger charge is -2.22. The van der Waals surface area contributed by atoms with E-state index in [1.54, 1.807) is 43.4 Å². The monoisotopic (exact) mass is 631 g/mol. The SMILES string of the molecule is CN[C@H](O)Cc1ccc2cc(-c3c4c(O)c(O)c(O)c(O)c4c(-c4ccc5ccccc5c4)c4c(O)c(O)c(O)c(O)c34)ccc2c1. The van der Waals surface area contributed by atoms with Crippen LogP contribution in [0.1, 0.15) is 5.56 Å². The van der Waals surface area contributed by atoms with Gasteiger partial charge in [0.05, 0.1) is 0 Å². The second-order valence-electron chi connectivity index (χ2n) is 11.5. The molecule has 0 saturated heterocycles. The molecular weight excluding hydrogens is 602 g/mol. The third-order valence-corrected chi connectivity index (χ3v) is 8.79. The van der Waals surface area contributed by atoms with E-state index in [-0.39, 0.29) is 32.7 Å². The summed E-state index contributed by atoms with van der Waals surface area (Å²) in [7, 11) is 1.65. The number of phenolic OH excluding ortho intramolecular Hbond substituents is 8. The number of fused-ring (bicyclic) bond motifs is 4. The van der Waals surface area contributed by atoms with Crippen LogP contribution in [0.2, 0.25) is 0 Å². The molecular formula is C37H29NO9. The van der Waals surface area contributed by atoms with E-state index in [1.165, 1.54) is 0 Å². The summed E-state index contributed by atoms with van der Waals surface area (Å²) in [5.74, 6) is -7.44. The lowest BCUT2D eigenvalue weighted by atomic mass is 9.83.